The van der Waals surface area contributed by atoms with E-state index in [0.29, 0.717) is 5.56 Å². The summed E-state index contributed by atoms with van der Waals surface area (Å²) in [6.07, 6.45) is -1.63. The van der Waals surface area contributed by atoms with Gasteiger partial charge in [0.15, 0.2) is 13.2 Å². The zero-order chi connectivity index (χ0) is 23.4. The number of benzene rings is 1. The van der Waals surface area contributed by atoms with Crippen molar-refractivity contribution in [1.29, 1.82) is 0 Å². The molecule has 2 heterocycles. The molecule has 0 aliphatic rings. The van der Waals surface area contributed by atoms with Gasteiger partial charge in [-0.25, -0.2) is 13.3 Å². The fourth-order valence-electron chi connectivity index (χ4n) is 2.54. The molecule has 0 saturated heterocycles. The fourth-order valence-corrected chi connectivity index (χ4v) is 2.54. The summed E-state index contributed by atoms with van der Waals surface area (Å²) in [5.41, 5.74) is -0.0106. The summed E-state index contributed by atoms with van der Waals surface area (Å²) in [6.45, 7) is -4.24. The predicted octanol–water partition coefficient (Wildman–Crippen LogP) is 3.24. The van der Waals surface area contributed by atoms with E-state index in [2.05, 4.69) is 14.7 Å². The standard InChI is InChI=1S/C20H16F5N3O4/c21-19(22,10-29)11-32-18-27-16(13-5-7-26-8-6-13)9-17(30)28(18)14-1-3-15(4-2-14)31-12-20(23,24)25/h1-9,29H,10-12H2. The van der Waals surface area contributed by atoms with Gasteiger partial charge in [-0.2, -0.15) is 18.2 Å². The molecule has 0 radical (unpaired) electrons. The number of alkyl halides is 5. The lowest BCUT2D eigenvalue weighted by Gasteiger charge is -2.18. The number of hydrogen-bond acceptors (Lipinski definition) is 6. The van der Waals surface area contributed by atoms with Gasteiger partial charge in [-0.3, -0.25) is 9.78 Å². The molecule has 0 aliphatic carbocycles. The number of aliphatic hydroxyl groups is 1. The lowest BCUT2D eigenvalue weighted by Crippen LogP contribution is -2.32. The molecular formula is C20H16F5N3O4. The molecular weight excluding hydrogens is 441 g/mol. The number of hydrogen-bond donors (Lipinski definition) is 1. The van der Waals surface area contributed by atoms with Gasteiger partial charge in [-0.15, -0.1) is 0 Å². The molecule has 0 atom stereocenters. The van der Waals surface area contributed by atoms with E-state index in [1.807, 2.05) is 0 Å². The van der Waals surface area contributed by atoms with E-state index >= 15 is 0 Å². The van der Waals surface area contributed by atoms with Crippen molar-refractivity contribution in [2.45, 2.75) is 12.1 Å². The van der Waals surface area contributed by atoms with Crippen molar-refractivity contribution in [2.75, 3.05) is 19.8 Å². The van der Waals surface area contributed by atoms with E-state index in [4.69, 9.17) is 9.84 Å². The molecule has 32 heavy (non-hydrogen) atoms. The quantitative estimate of drug-likeness (QED) is 0.523. The molecule has 1 N–H and O–H groups in total. The summed E-state index contributed by atoms with van der Waals surface area (Å²) in [5, 5.41) is 8.76. The van der Waals surface area contributed by atoms with Crippen molar-refractivity contribution >= 4 is 0 Å². The number of nitrogens with zero attached hydrogens (tertiary/aromatic N) is 3. The lowest BCUT2D eigenvalue weighted by molar-refractivity contribution is -0.153. The summed E-state index contributed by atoms with van der Waals surface area (Å²) in [5.74, 6) is -3.71. The second kappa shape index (κ2) is 9.30. The van der Waals surface area contributed by atoms with Gasteiger partial charge >= 0.3 is 18.1 Å². The fraction of sp³-hybridized carbons (Fsp3) is 0.250. The number of aliphatic hydroxyl groups excluding tert-OH is 1. The van der Waals surface area contributed by atoms with Crippen LogP contribution in [0.5, 0.6) is 11.8 Å². The highest BCUT2D eigenvalue weighted by molar-refractivity contribution is 5.58. The van der Waals surface area contributed by atoms with Crippen LogP contribution in [0, 0.1) is 0 Å². The van der Waals surface area contributed by atoms with Crippen molar-refractivity contribution in [1.82, 2.24) is 14.5 Å². The second-order valence-corrected chi connectivity index (χ2v) is 6.53. The first kappa shape index (κ1) is 23.1. The molecule has 0 spiro atoms. The topological polar surface area (TPSA) is 86.5 Å². The number of ether oxygens (including phenoxy) is 2. The molecule has 170 valence electrons. The summed E-state index contributed by atoms with van der Waals surface area (Å²) in [7, 11) is 0. The van der Waals surface area contributed by atoms with Crippen LogP contribution in [0.1, 0.15) is 0 Å². The first-order valence-electron chi connectivity index (χ1n) is 9.04. The smallest absolute Gasteiger partial charge is 0.422 e. The van der Waals surface area contributed by atoms with Gasteiger partial charge in [0.25, 0.3) is 5.56 Å². The van der Waals surface area contributed by atoms with Crippen LogP contribution in [-0.4, -0.2) is 51.6 Å². The molecule has 0 saturated carbocycles. The Balaban J connectivity index is 1.99. The largest absolute Gasteiger partial charge is 0.484 e. The molecule has 1 aromatic carbocycles. The third-order valence-corrected chi connectivity index (χ3v) is 4.01. The van der Waals surface area contributed by atoms with Gasteiger partial charge in [0.05, 0.1) is 11.4 Å². The molecule has 2 aromatic heterocycles. The minimum absolute atomic E-state index is 0.0884. The Hall–Kier alpha value is -3.54. The molecule has 0 bridgehead atoms. The highest BCUT2D eigenvalue weighted by Gasteiger charge is 2.30. The number of halogens is 5. The highest BCUT2D eigenvalue weighted by Crippen LogP contribution is 2.24. The van der Waals surface area contributed by atoms with E-state index in [-0.39, 0.29) is 17.1 Å². The maximum atomic E-state index is 13.5. The molecule has 0 unspecified atom stereocenters. The Morgan fingerprint density at radius 2 is 1.59 bits per heavy atom. The Kier molecular flexibility index (Phi) is 6.72. The highest BCUT2D eigenvalue weighted by atomic mass is 19.4. The third-order valence-electron chi connectivity index (χ3n) is 4.01. The third kappa shape index (κ3) is 6.00. The molecule has 12 heteroatoms. The van der Waals surface area contributed by atoms with E-state index < -0.39 is 43.5 Å². The Labute approximate surface area is 177 Å². The zero-order valence-electron chi connectivity index (χ0n) is 16.2. The van der Waals surface area contributed by atoms with Crippen LogP contribution in [0.2, 0.25) is 0 Å². The summed E-state index contributed by atoms with van der Waals surface area (Å²) >= 11 is 0. The molecule has 0 amide bonds. The van der Waals surface area contributed by atoms with E-state index in [0.717, 1.165) is 10.6 Å². The SMILES string of the molecule is O=c1cc(-c2ccncc2)nc(OCC(F)(F)CO)n1-c1ccc(OCC(F)(F)F)cc1. The molecule has 7 nitrogen and oxygen atoms in total. The van der Waals surface area contributed by atoms with Gasteiger partial charge in [0, 0.05) is 24.0 Å². The van der Waals surface area contributed by atoms with Crippen molar-refractivity contribution in [3.8, 4) is 28.7 Å². The maximum absolute atomic E-state index is 13.5. The normalized spacial score (nSPS) is 11.9. The van der Waals surface area contributed by atoms with Crippen LogP contribution in [0.25, 0.3) is 16.9 Å². The summed E-state index contributed by atoms with van der Waals surface area (Å²) in [4.78, 5) is 20.8. The molecule has 0 aliphatic heterocycles. The van der Waals surface area contributed by atoms with Gasteiger partial charge in [-0.1, -0.05) is 0 Å². The van der Waals surface area contributed by atoms with Gasteiger partial charge in [-0.05, 0) is 36.4 Å². The van der Waals surface area contributed by atoms with Crippen molar-refractivity contribution < 1.29 is 36.5 Å². The monoisotopic (exact) mass is 457 g/mol. The van der Waals surface area contributed by atoms with Crippen LogP contribution in [0.15, 0.2) is 59.7 Å². The zero-order valence-corrected chi connectivity index (χ0v) is 16.2. The van der Waals surface area contributed by atoms with Crippen molar-refractivity contribution in [3.63, 3.8) is 0 Å². The van der Waals surface area contributed by atoms with Crippen LogP contribution in [0.3, 0.4) is 0 Å². The molecule has 3 aromatic rings. The minimum Gasteiger partial charge on any atom is -0.484 e. The van der Waals surface area contributed by atoms with E-state index in [1.54, 1.807) is 12.1 Å². The van der Waals surface area contributed by atoms with Gasteiger partial charge in [0.1, 0.15) is 12.4 Å². The second-order valence-electron chi connectivity index (χ2n) is 6.53. The van der Waals surface area contributed by atoms with Gasteiger partial charge in [0.2, 0.25) is 0 Å². The first-order valence-corrected chi connectivity index (χ1v) is 9.04. The average molecular weight is 457 g/mol. The lowest BCUT2D eigenvalue weighted by atomic mass is 10.2. The number of rotatable bonds is 8. The van der Waals surface area contributed by atoms with E-state index in [9.17, 15) is 26.7 Å². The first-order chi connectivity index (χ1) is 15.1. The minimum atomic E-state index is -4.53. The van der Waals surface area contributed by atoms with Crippen molar-refractivity contribution in [2.24, 2.45) is 0 Å². The van der Waals surface area contributed by atoms with Crippen molar-refractivity contribution in [3.05, 3.63) is 65.2 Å². The van der Waals surface area contributed by atoms with Crippen LogP contribution >= 0.6 is 0 Å². The van der Waals surface area contributed by atoms with Crippen LogP contribution in [0.4, 0.5) is 22.0 Å². The average Bonchev–Trinajstić information content (AvgIpc) is 2.76. The number of aromatic nitrogens is 3. The number of pyridine rings is 1. The Bertz CT molecular complexity index is 1100. The van der Waals surface area contributed by atoms with Crippen LogP contribution < -0.4 is 15.0 Å². The van der Waals surface area contributed by atoms with E-state index in [1.165, 1.54) is 36.7 Å². The Morgan fingerprint density at radius 1 is 0.938 bits per heavy atom. The predicted molar refractivity (Wildman–Crippen MR) is 102 cm³/mol. The summed E-state index contributed by atoms with van der Waals surface area (Å²) < 4.78 is 74.5. The van der Waals surface area contributed by atoms with Crippen LogP contribution in [-0.2, 0) is 0 Å². The molecule has 0 fully saturated rings. The maximum Gasteiger partial charge on any atom is 0.422 e. The molecule has 3 rings (SSSR count). The Morgan fingerprint density at radius 3 is 2.19 bits per heavy atom. The van der Waals surface area contributed by atoms with Gasteiger partial charge < -0.3 is 14.6 Å². The summed E-state index contributed by atoms with van der Waals surface area (Å²) in [6, 6.07) is 8.58.